The fourth-order valence-corrected chi connectivity index (χ4v) is 1.63. The number of non-ortho nitro benzene ring substituents is 1. The summed E-state index contributed by atoms with van der Waals surface area (Å²) in [6.45, 7) is 0. The van der Waals surface area contributed by atoms with E-state index in [-0.39, 0.29) is 11.8 Å². The van der Waals surface area contributed by atoms with E-state index in [1.165, 1.54) is 0 Å². The number of hydrogen-bond acceptors (Lipinski definition) is 6. The molecule has 0 fully saturated rings. The summed E-state index contributed by atoms with van der Waals surface area (Å²) in [5.74, 6) is -4.42. The summed E-state index contributed by atoms with van der Waals surface area (Å²) < 4.78 is 42.3. The first-order valence-electron chi connectivity index (χ1n) is 5.27. The van der Waals surface area contributed by atoms with E-state index in [2.05, 4.69) is 0 Å². The summed E-state index contributed by atoms with van der Waals surface area (Å²) in [4.78, 5) is 21.6. The van der Waals surface area contributed by atoms with Gasteiger partial charge in [-0.2, -0.15) is 13.2 Å². The summed E-state index contributed by atoms with van der Waals surface area (Å²) in [5.41, 5.74) is -3.70. The van der Waals surface area contributed by atoms with Crippen LogP contribution in [0, 0.1) is 10.1 Å². The highest BCUT2D eigenvalue weighted by Crippen LogP contribution is 2.35. The van der Waals surface area contributed by atoms with Crippen LogP contribution in [-0.2, 0) is 5.79 Å². The van der Waals surface area contributed by atoms with Crippen molar-refractivity contribution in [2.75, 3.05) is 0 Å². The zero-order valence-corrected chi connectivity index (χ0v) is 9.92. The number of nitro groups is 1. The molecule has 0 saturated heterocycles. The van der Waals surface area contributed by atoms with Crippen molar-refractivity contribution in [3.05, 3.63) is 50.4 Å². The first-order valence-corrected chi connectivity index (χ1v) is 5.27. The third kappa shape index (κ3) is 2.34. The van der Waals surface area contributed by atoms with Crippen LogP contribution in [0.15, 0.2) is 33.7 Å². The molecule has 0 amide bonds. The highest BCUT2D eigenvalue weighted by Gasteiger charge is 2.56. The summed E-state index contributed by atoms with van der Waals surface area (Å²) >= 11 is 0. The standard InChI is InChI=1S/C11H6F3NO6/c12-11(13,14)10(17,18)7-4-21-8-2-1-5(15(19)20)3-6(8)9(7)16/h1-4,17-18H. The van der Waals surface area contributed by atoms with Gasteiger partial charge in [0, 0.05) is 12.1 Å². The molecular weight excluding hydrogens is 299 g/mol. The van der Waals surface area contributed by atoms with E-state index in [0.717, 1.165) is 12.1 Å². The first-order chi connectivity index (χ1) is 9.55. The number of rotatable bonds is 2. The van der Waals surface area contributed by atoms with Crippen molar-refractivity contribution in [3.63, 3.8) is 0 Å². The molecule has 0 saturated carbocycles. The maximum Gasteiger partial charge on any atom is 0.448 e. The molecule has 0 unspecified atom stereocenters. The smallest absolute Gasteiger partial charge is 0.448 e. The minimum atomic E-state index is -5.55. The molecule has 10 heteroatoms. The molecule has 0 aliphatic heterocycles. The van der Waals surface area contributed by atoms with Crippen LogP contribution in [0.2, 0.25) is 0 Å². The SMILES string of the molecule is O=c1c(C(O)(O)C(F)(F)F)coc2ccc([N+](=O)[O-])cc12. The number of benzene rings is 1. The molecule has 7 nitrogen and oxygen atoms in total. The van der Waals surface area contributed by atoms with Gasteiger partial charge in [0.25, 0.3) is 11.5 Å². The van der Waals surface area contributed by atoms with Crippen molar-refractivity contribution >= 4 is 16.7 Å². The van der Waals surface area contributed by atoms with Crippen molar-refractivity contribution in [1.29, 1.82) is 0 Å². The van der Waals surface area contributed by atoms with Crippen LogP contribution in [0.4, 0.5) is 18.9 Å². The molecule has 1 aromatic heterocycles. The van der Waals surface area contributed by atoms with Gasteiger partial charge in [0.15, 0.2) is 0 Å². The Labute approximate surface area is 113 Å². The van der Waals surface area contributed by atoms with Gasteiger partial charge in [-0.25, -0.2) is 0 Å². The largest absolute Gasteiger partial charge is 0.464 e. The zero-order valence-electron chi connectivity index (χ0n) is 9.92. The fraction of sp³-hybridized carbons (Fsp3) is 0.182. The van der Waals surface area contributed by atoms with Gasteiger partial charge >= 0.3 is 6.18 Å². The Morgan fingerprint density at radius 1 is 1.24 bits per heavy atom. The molecule has 112 valence electrons. The molecule has 2 rings (SSSR count). The van der Waals surface area contributed by atoms with Gasteiger partial charge in [-0.1, -0.05) is 0 Å². The molecule has 21 heavy (non-hydrogen) atoms. The van der Waals surface area contributed by atoms with Crippen molar-refractivity contribution in [2.45, 2.75) is 12.0 Å². The van der Waals surface area contributed by atoms with Gasteiger partial charge < -0.3 is 14.6 Å². The number of alkyl halides is 3. The topological polar surface area (TPSA) is 114 Å². The molecule has 1 aromatic carbocycles. The monoisotopic (exact) mass is 305 g/mol. The molecule has 1 heterocycles. The Morgan fingerprint density at radius 2 is 1.86 bits per heavy atom. The van der Waals surface area contributed by atoms with Crippen molar-refractivity contribution < 1.29 is 32.7 Å². The molecule has 0 aliphatic carbocycles. The summed E-state index contributed by atoms with van der Waals surface area (Å²) in [6, 6.07) is 2.69. The third-order valence-electron chi connectivity index (χ3n) is 2.74. The lowest BCUT2D eigenvalue weighted by molar-refractivity contribution is -0.384. The fourth-order valence-electron chi connectivity index (χ4n) is 1.63. The lowest BCUT2D eigenvalue weighted by Crippen LogP contribution is -2.45. The number of halogens is 3. The Morgan fingerprint density at radius 3 is 2.38 bits per heavy atom. The minimum absolute atomic E-state index is 0.229. The quantitative estimate of drug-likeness (QED) is 0.492. The van der Waals surface area contributed by atoms with E-state index >= 15 is 0 Å². The lowest BCUT2D eigenvalue weighted by atomic mass is 10.1. The first kappa shape index (κ1) is 14.9. The predicted molar refractivity (Wildman–Crippen MR) is 61.3 cm³/mol. The van der Waals surface area contributed by atoms with Crippen LogP contribution in [0.1, 0.15) is 5.56 Å². The van der Waals surface area contributed by atoms with Crippen LogP contribution in [0.25, 0.3) is 11.0 Å². The molecule has 2 aromatic rings. The van der Waals surface area contributed by atoms with E-state index in [9.17, 15) is 28.1 Å². The molecule has 2 N–H and O–H groups in total. The summed E-state index contributed by atoms with van der Waals surface area (Å²) in [5, 5.41) is 28.2. The molecular formula is C11H6F3NO6. The summed E-state index contributed by atoms with van der Waals surface area (Å²) in [6.07, 6.45) is -5.29. The average molecular weight is 305 g/mol. The van der Waals surface area contributed by atoms with Gasteiger partial charge in [0.1, 0.15) is 17.4 Å². The van der Waals surface area contributed by atoms with E-state index in [1.807, 2.05) is 0 Å². The Balaban J connectivity index is 2.77. The van der Waals surface area contributed by atoms with E-state index in [1.54, 1.807) is 0 Å². The molecule has 0 bridgehead atoms. The lowest BCUT2D eigenvalue weighted by Gasteiger charge is -2.23. The molecule has 0 atom stereocenters. The number of hydrogen-bond donors (Lipinski definition) is 2. The van der Waals surface area contributed by atoms with Gasteiger partial charge in [0.2, 0.25) is 5.43 Å². The number of aliphatic hydroxyl groups is 2. The highest BCUT2D eigenvalue weighted by atomic mass is 19.4. The third-order valence-corrected chi connectivity index (χ3v) is 2.74. The number of fused-ring (bicyclic) bond motifs is 1. The highest BCUT2D eigenvalue weighted by molar-refractivity contribution is 5.79. The van der Waals surface area contributed by atoms with Crippen LogP contribution in [0.5, 0.6) is 0 Å². The van der Waals surface area contributed by atoms with E-state index in [4.69, 9.17) is 14.6 Å². The second-order valence-corrected chi connectivity index (χ2v) is 4.09. The summed E-state index contributed by atoms with van der Waals surface area (Å²) in [7, 11) is 0. The van der Waals surface area contributed by atoms with Crippen molar-refractivity contribution in [1.82, 2.24) is 0 Å². The molecule has 0 aliphatic rings. The van der Waals surface area contributed by atoms with E-state index in [0.29, 0.717) is 6.07 Å². The number of nitro benzene ring substituents is 1. The molecule has 0 spiro atoms. The van der Waals surface area contributed by atoms with Gasteiger partial charge in [-0.05, 0) is 6.07 Å². The molecule has 0 radical (unpaired) electrons. The normalized spacial score (nSPS) is 12.6. The van der Waals surface area contributed by atoms with E-state index < -0.39 is 39.0 Å². The average Bonchev–Trinajstić information content (AvgIpc) is 2.37. The maximum absolute atomic E-state index is 12.5. The second-order valence-electron chi connectivity index (χ2n) is 4.09. The van der Waals surface area contributed by atoms with Gasteiger partial charge in [-0.3, -0.25) is 14.9 Å². The van der Waals surface area contributed by atoms with Crippen molar-refractivity contribution in [2.24, 2.45) is 0 Å². The maximum atomic E-state index is 12.5. The van der Waals surface area contributed by atoms with Gasteiger partial charge in [-0.15, -0.1) is 0 Å². The van der Waals surface area contributed by atoms with Crippen LogP contribution in [0.3, 0.4) is 0 Å². The predicted octanol–water partition coefficient (Wildman–Crippen LogP) is 1.40. The van der Waals surface area contributed by atoms with Crippen LogP contribution in [-0.4, -0.2) is 21.3 Å². The Bertz CT molecular complexity index is 780. The number of nitrogens with zero attached hydrogens (tertiary/aromatic N) is 1. The zero-order chi connectivity index (χ0) is 16.0. The van der Waals surface area contributed by atoms with Crippen LogP contribution >= 0.6 is 0 Å². The Kier molecular flexibility index (Phi) is 3.22. The second kappa shape index (κ2) is 4.53. The van der Waals surface area contributed by atoms with Crippen LogP contribution < -0.4 is 5.43 Å². The minimum Gasteiger partial charge on any atom is -0.464 e. The van der Waals surface area contributed by atoms with Gasteiger partial charge in [0.05, 0.1) is 10.3 Å². The van der Waals surface area contributed by atoms with Crippen molar-refractivity contribution in [3.8, 4) is 0 Å². The Hall–Kier alpha value is -2.46.